The van der Waals surface area contributed by atoms with E-state index in [2.05, 4.69) is 10.6 Å². The quantitative estimate of drug-likeness (QED) is 0.249. The first-order valence-corrected chi connectivity index (χ1v) is 10.4. The molecule has 0 aliphatic carbocycles. The number of fused-ring (bicyclic) bond motifs is 1. The largest absolute Gasteiger partial charge is 0.497 e. The predicted molar refractivity (Wildman–Crippen MR) is 136 cm³/mol. The van der Waals surface area contributed by atoms with Crippen molar-refractivity contribution in [2.45, 2.75) is 19.4 Å². The van der Waals surface area contributed by atoms with E-state index in [1.54, 1.807) is 13.4 Å². The molecule has 0 unspecified atom stereocenters. The summed E-state index contributed by atoms with van der Waals surface area (Å²) < 4.78 is 22.3. The number of hydrogen-bond acceptors (Lipinski definition) is 5. The highest BCUT2D eigenvalue weighted by atomic mass is 127. The second-order valence-corrected chi connectivity index (χ2v) is 7.11. The minimum atomic E-state index is 0. The van der Waals surface area contributed by atoms with Crippen molar-refractivity contribution in [1.29, 1.82) is 0 Å². The Morgan fingerprint density at radius 3 is 2.72 bits per heavy atom. The minimum Gasteiger partial charge on any atom is -0.497 e. The number of hydrogen-bond donors (Lipinski definition) is 2. The Kier molecular flexibility index (Phi) is 9.09. The van der Waals surface area contributed by atoms with Crippen molar-refractivity contribution in [1.82, 2.24) is 5.32 Å². The zero-order valence-corrected chi connectivity index (χ0v) is 20.3. The van der Waals surface area contributed by atoms with Gasteiger partial charge in [-0.1, -0.05) is 12.1 Å². The molecule has 1 aromatic heterocycles. The summed E-state index contributed by atoms with van der Waals surface area (Å²) in [6.45, 7) is 2.51. The first-order valence-electron chi connectivity index (χ1n) is 10.4. The van der Waals surface area contributed by atoms with Crippen molar-refractivity contribution >= 4 is 35.6 Å². The van der Waals surface area contributed by atoms with Crippen molar-refractivity contribution < 1.29 is 18.6 Å². The number of nitrogens with zero attached hydrogens (tertiary/aromatic N) is 1. The van der Waals surface area contributed by atoms with Crippen LogP contribution in [0.15, 0.2) is 70.3 Å². The summed E-state index contributed by atoms with van der Waals surface area (Å²) in [7, 11) is 1.66. The third-order valence-electron chi connectivity index (χ3n) is 4.81. The Bertz CT molecular complexity index is 1010. The second kappa shape index (κ2) is 12.2. The summed E-state index contributed by atoms with van der Waals surface area (Å²) in [6.07, 6.45) is 3.32. The third kappa shape index (κ3) is 6.81. The fourth-order valence-electron chi connectivity index (χ4n) is 3.22. The molecular formula is C24H28IN3O4. The van der Waals surface area contributed by atoms with Crippen LogP contribution in [0.2, 0.25) is 0 Å². The van der Waals surface area contributed by atoms with E-state index < -0.39 is 0 Å². The van der Waals surface area contributed by atoms with Crippen LogP contribution in [-0.2, 0) is 13.0 Å². The summed E-state index contributed by atoms with van der Waals surface area (Å²) in [5, 5.41) is 6.74. The number of halogens is 1. The van der Waals surface area contributed by atoms with Crippen molar-refractivity contribution in [3.63, 3.8) is 0 Å². The molecule has 7 nitrogen and oxygen atoms in total. The van der Waals surface area contributed by atoms with Crippen molar-refractivity contribution in [3.05, 3.63) is 72.2 Å². The van der Waals surface area contributed by atoms with Gasteiger partial charge in [-0.25, -0.2) is 4.99 Å². The number of benzene rings is 2. The molecule has 0 bridgehead atoms. The second-order valence-electron chi connectivity index (χ2n) is 7.11. The molecule has 170 valence electrons. The maximum atomic E-state index is 5.80. The van der Waals surface area contributed by atoms with Crippen molar-refractivity contribution in [2.75, 3.05) is 32.2 Å². The highest BCUT2D eigenvalue weighted by molar-refractivity contribution is 14.0. The average Bonchev–Trinajstić information content (AvgIpc) is 3.21. The number of furan rings is 1. The molecule has 8 heteroatoms. The molecule has 0 amide bonds. The minimum absolute atomic E-state index is 0. The standard InChI is InChI=1S/C24H27N3O4.HI/c1-28-21-6-2-5-18(15-21)17-26-24(25-11-10-20-7-3-12-29-20)27-19-8-9-22-23(16-19)31-14-4-13-30-22;/h2-3,5-9,12,15-16H,4,10-11,13-14,17H2,1H3,(H2,25,26,27);1H. The van der Waals surface area contributed by atoms with E-state index in [-0.39, 0.29) is 24.0 Å². The Morgan fingerprint density at radius 2 is 1.91 bits per heavy atom. The summed E-state index contributed by atoms with van der Waals surface area (Å²) in [5.41, 5.74) is 1.93. The summed E-state index contributed by atoms with van der Waals surface area (Å²) in [5.74, 6) is 3.92. The average molecular weight is 549 g/mol. The van der Waals surface area contributed by atoms with Crippen molar-refractivity contribution in [3.8, 4) is 17.2 Å². The first kappa shape index (κ1) is 23.8. The SMILES string of the molecule is COc1cccc(CN=C(NCCc2ccco2)Nc2ccc3c(c2)OCCCO3)c1.I. The molecule has 0 spiro atoms. The molecule has 1 aliphatic rings. The molecule has 0 atom stereocenters. The van der Waals surface area contributed by atoms with Gasteiger partial charge in [0.25, 0.3) is 0 Å². The van der Waals surface area contributed by atoms with Gasteiger partial charge in [-0.3, -0.25) is 0 Å². The number of anilines is 1. The highest BCUT2D eigenvalue weighted by Crippen LogP contribution is 2.32. The van der Waals surface area contributed by atoms with Crippen LogP contribution in [0.5, 0.6) is 17.2 Å². The first-order chi connectivity index (χ1) is 15.3. The molecule has 1 aliphatic heterocycles. The smallest absolute Gasteiger partial charge is 0.196 e. The van der Waals surface area contributed by atoms with E-state index >= 15 is 0 Å². The van der Waals surface area contributed by atoms with Gasteiger partial charge in [-0.15, -0.1) is 24.0 Å². The third-order valence-corrected chi connectivity index (χ3v) is 4.81. The number of guanidine groups is 1. The van der Waals surface area contributed by atoms with Gasteiger partial charge in [0.05, 0.1) is 33.1 Å². The monoisotopic (exact) mass is 549 g/mol. The van der Waals surface area contributed by atoms with Crippen LogP contribution in [0, 0.1) is 0 Å². The highest BCUT2D eigenvalue weighted by Gasteiger charge is 2.11. The lowest BCUT2D eigenvalue weighted by atomic mass is 10.2. The van der Waals surface area contributed by atoms with Gasteiger partial charge in [0.2, 0.25) is 0 Å². The van der Waals surface area contributed by atoms with Crippen LogP contribution in [0.4, 0.5) is 5.69 Å². The van der Waals surface area contributed by atoms with E-state index in [1.165, 1.54) is 0 Å². The van der Waals surface area contributed by atoms with Gasteiger partial charge in [0.1, 0.15) is 11.5 Å². The normalized spacial score (nSPS) is 13.0. The molecule has 2 aromatic carbocycles. The van der Waals surface area contributed by atoms with E-state index in [0.717, 1.165) is 47.1 Å². The number of nitrogens with one attached hydrogen (secondary N) is 2. The lowest BCUT2D eigenvalue weighted by Gasteiger charge is -2.14. The Hall–Kier alpha value is -2.88. The van der Waals surface area contributed by atoms with E-state index in [1.807, 2.05) is 54.6 Å². The number of methoxy groups -OCH3 is 1. The van der Waals surface area contributed by atoms with E-state index in [9.17, 15) is 0 Å². The van der Waals surface area contributed by atoms with Crippen LogP contribution >= 0.6 is 24.0 Å². The summed E-state index contributed by atoms with van der Waals surface area (Å²) in [6, 6.07) is 17.6. The lowest BCUT2D eigenvalue weighted by molar-refractivity contribution is 0.297. The Labute approximate surface area is 205 Å². The molecule has 0 saturated carbocycles. The van der Waals surface area contributed by atoms with Crippen LogP contribution in [-0.4, -0.2) is 32.8 Å². The molecule has 2 heterocycles. The summed E-state index contributed by atoms with van der Waals surface area (Å²) >= 11 is 0. The molecule has 2 N–H and O–H groups in total. The number of aliphatic imine (C=N–C) groups is 1. The molecule has 4 rings (SSSR count). The van der Waals surface area contributed by atoms with Crippen LogP contribution in [0.1, 0.15) is 17.7 Å². The lowest BCUT2D eigenvalue weighted by Crippen LogP contribution is -2.32. The van der Waals surface area contributed by atoms with Gasteiger partial charge in [-0.05, 0) is 42.0 Å². The number of ether oxygens (including phenoxy) is 3. The van der Waals surface area contributed by atoms with Crippen LogP contribution in [0.25, 0.3) is 0 Å². The van der Waals surface area contributed by atoms with Gasteiger partial charge in [0, 0.05) is 31.1 Å². The molecule has 3 aromatic rings. The molecule has 0 saturated heterocycles. The zero-order valence-electron chi connectivity index (χ0n) is 18.0. The molecule has 0 radical (unpaired) electrons. The molecular weight excluding hydrogens is 521 g/mol. The zero-order chi connectivity index (χ0) is 21.3. The Balaban J connectivity index is 0.00000289. The van der Waals surface area contributed by atoms with E-state index in [4.69, 9.17) is 23.6 Å². The van der Waals surface area contributed by atoms with Gasteiger partial charge < -0.3 is 29.3 Å². The van der Waals surface area contributed by atoms with Crippen LogP contribution in [0.3, 0.4) is 0 Å². The van der Waals surface area contributed by atoms with E-state index in [0.29, 0.717) is 32.3 Å². The maximum Gasteiger partial charge on any atom is 0.196 e. The predicted octanol–water partition coefficient (Wildman–Crippen LogP) is 4.87. The van der Waals surface area contributed by atoms with Gasteiger partial charge in [-0.2, -0.15) is 0 Å². The van der Waals surface area contributed by atoms with Crippen LogP contribution < -0.4 is 24.8 Å². The Morgan fingerprint density at radius 1 is 1.03 bits per heavy atom. The molecule has 0 fully saturated rings. The summed E-state index contributed by atoms with van der Waals surface area (Å²) in [4.78, 5) is 4.75. The number of rotatable bonds is 7. The van der Waals surface area contributed by atoms with Gasteiger partial charge >= 0.3 is 0 Å². The maximum absolute atomic E-state index is 5.80. The molecule has 32 heavy (non-hydrogen) atoms. The van der Waals surface area contributed by atoms with Gasteiger partial charge in [0.15, 0.2) is 17.5 Å². The topological polar surface area (TPSA) is 77.2 Å². The van der Waals surface area contributed by atoms with Crippen molar-refractivity contribution in [2.24, 2.45) is 4.99 Å². The fraction of sp³-hybridized carbons (Fsp3) is 0.292. The fourth-order valence-corrected chi connectivity index (χ4v) is 3.22.